The Morgan fingerprint density at radius 1 is 1.15 bits per heavy atom. The molecule has 0 aliphatic rings. The van der Waals surface area contributed by atoms with Crippen LogP contribution in [0.3, 0.4) is 0 Å². The number of thiophene rings is 1. The van der Waals surface area contributed by atoms with Crippen molar-refractivity contribution in [3.05, 3.63) is 51.7 Å². The molecule has 106 valence electrons. The molecule has 0 aliphatic carbocycles. The highest BCUT2D eigenvalue weighted by molar-refractivity contribution is 7.14. The number of hydrogen-bond donors (Lipinski definition) is 0. The van der Waals surface area contributed by atoms with E-state index >= 15 is 0 Å². The summed E-state index contributed by atoms with van der Waals surface area (Å²) in [6.07, 6.45) is 0.963. The van der Waals surface area contributed by atoms with E-state index in [0.717, 1.165) is 22.6 Å². The van der Waals surface area contributed by atoms with Gasteiger partial charge in [-0.3, -0.25) is 4.79 Å². The molecular formula is C16H18O3S. The summed E-state index contributed by atoms with van der Waals surface area (Å²) in [5, 5.41) is 0. The van der Waals surface area contributed by atoms with E-state index in [2.05, 4.69) is 6.92 Å². The lowest BCUT2D eigenvalue weighted by atomic mass is 10.2. The normalized spacial score (nSPS) is 10.5. The minimum absolute atomic E-state index is 0.0446. The molecule has 2 aromatic rings. The SMILES string of the molecule is CCc1ccc(C(=O)COCc2ccc(OC)cc2)s1. The summed E-state index contributed by atoms with van der Waals surface area (Å²) in [4.78, 5) is 13.9. The minimum Gasteiger partial charge on any atom is -0.497 e. The van der Waals surface area contributed by atoms with Crippen LogP contribution in [0.15, 0.2) is 36.4 Å². The van der Waals surface area contributed by atoms with E-state index in [-0.39, 0.29) is 12.4 Å². The first-order valence-electron chi connectivity index (χ1n) is 6.55. The Bertz CT molecular complexity index is 557. The van der Waals surface area contributed by atoms with Gasteiger partial charge < -0.3 is 9.47 Å². The van der Waals surface area contributed by atoms with Gasteiger partial charge in [-0.25, -0.2) is 0 Å². The van der Waals surface area contributed by atoms with E-state index in [4.69, 9.17) is 9.47 Å². The number of ether oxygens (including phenoxy) is 2. The van der Waals surface area contributed by atoms with Gasteiger partial charge in [0.1, 0.15) is 12.4 Å². The van der Waals surface area contributed by atoms with Crippen LogP contribution in [0.5, 0.6) is 5.75 Å². The molecule has 0 saturated carbocycles. The molecular weight excluding hydrogens is 272 g/mol. The Kier molecular flexibility index (Phi) is 5.32. The van der Waals surface area contributed by atoms with Crippen LogP contribution in [0.25, 0.3) is 0 Å². The lowest BCUT2D eigenvalue weighted by molar-refractivity contribution is 0.0730. The van der Waals surface area contributed by atoms with E-state index in [1.54, 1.807) is 18.4 Å². The first kappa shape index (κ1) is 14.8. The molecule has 1 heterocycles. The number of rotatable bonds is 7. The molecule has 1 aromatic carbocycles. The topological polar surface area (TPSA) is 35.5 Å². The zero-order valence-corrected chi connectivity index (χ0v) is 12.5. The van der Waals surface area contributed by atoms with Crippen LogP contribution in [0, 0.1) is 0 Å². The Morgan fingerprint density at radius 3 is 2.50 bits per heavy atom. The standard InChI is InChI=1S/C16H18O3S/c1-3-14-8-9-16(20-14)15(17)11-19-10-12-4-6-13(18-2)7-5-12/h4-9H,3,10-11H2,1-2H3. The Balaban J connectivity index is 1.81. The number of carbonyl (C=O) groups is 1. The van der Waals surface area contributed by atoms with Crippen molar-refractivity contribution in [1.82, 2.24) is 0 Å². The largest absolute Gasteiger partial charge is 0.497 e. The first-order chi connectivity index (χ1) is 9.72. The lowest BCUT2D eigenvalue weighted by Gasteiger charge is -2.04. The third-order valence-electron chi connectivity index (χ3n) is 2.95. The van der Waals surface area contributed by atoms with Crippen molar-refractivity contribution in [2.24, 2.45) is 0 Å². The summed E-state index contributed by atoms with van der Waals surface area (Å²) in [5.74, 6) is 0.860. The second kappa shape index (κ2) is 7.22. The number of aryl methyl sites for hydroxylation is 1. The molecule has 0 spiro atoms. The zero-order valence-electron chi connectivity index (χ0n) is 11.7. The van der Waals surface area contributed by atoms with Gasteiger partial charge in [-0.1, -0.05) is 19.1 Å². The maximum absolute atomic E-state index is 11.9. The Labute approximate surface area is 123 Å². The summed E-state index contributed by atoms with van der Waals surface area (Å²) in [7, 11) is 1.63. The molecule has 0 bridgehead atoms. The molecule has 3 nitrogen and oxygen atoms in total. The van der Waals surface area contributed by atoms with Crippen molar-refractivity contribution in [3.8, 4) is 5.75 Å². The second-order valence-corrected chi connectivity index (χ2v) is 5.55. The minimum atomic E-state index is 0.0446. The smallest absolute Gasteiger partial charge is 0.198 e. The monoisotopic (exact) mass is 290 g/mol. The molecule has 0 N–H and O–H groups in total. The van der Waals surface area contributed by atoms with Gasteiger partial charge in [0.2, 0.25) is 0 Å². The van der Waals surface area contributed by atoms with Crippen molar-refractivity contribution in [1.29, 1.82) is 0 Å². The molecule has 0 amide bonds. The van der Waals surface area contributed by atoms with E-state index in [1.807, 2.05) is 36.4 Å². The van der Waals surface area contributed by atoms with Gasteiger partial charge in [0.05, 0.1) is 18.6 Å². The molecule has 1 aromatic heterocycles. The Hall–Kier alpha value is -1.65. The highest BCUT2D eigenvalue weighted by atomic mass is 32.1. The van der Waals surface area contributed by atoms with Crippen molar-refractivity contribution in [2.75, 3.05) is 13.7 Å². The van der Waals surface area contributed by atoms with Gasteiger partial charge in [-0.15, -0.1) is 11.3 Å². The summed E-state index contributed by atoms with van der Waals surface area (Å²) < 4.78 is 10.6. The summed E-state index contributed by atoms with van der Waals surface area (Å²) in [6.45, 7) is 2.64. The predicted octanol–water partition coefficient (Wildman–Crippen LogP) is 3.72. The maximum atomic E-state index is 11.9. The van der Waals surface area contributed by atoms with Gasteiger partial charge in [0, 0.05) is 4.88 Å². The molecule has 2 rings (SSSR count). The van der Waals surface area contributed by atoms with Crippen LogP contribution in [0.4, 0.5) is 0 Å². The van der Waals surface area contributed by atoms with Crippen LogP contribution >= 0.6 is 11.3 Å². The molecule has 0 saturated heterocycles. The van der Waals surface area contributed by atoms with Crippen LogP contribution in [-0.4, -0.2) is 19.5 Å². The van der Waals surface area contributed by atoms with Gasteiger partial charge in [-0.2, -0.15) is 0 Å². The number of hydrogen-bond acceptors (Lipinski definition) is 4. The van der Waals surface area contributed by atoms with Gasteiger partial charge in [-0.05, 0) is 36.2 Å². The number of benzene rings is 1. The van der Waals surface area contributed by atoms with Gasteiger partial charge in [0.15, 0.2) is 5.78 Å². The fraction of sp³-hybridized carbons (Fsp3) is 0.312. The highest BCUT2D eigenvalue weighted by Crippen LogP contribution is 2.18. The molecule has 0 atom stereocenters. The third kappa shape index (κ3) is 3.92. The lowest BCUT2D eigenvalue weighted by Crippen LogP contribution is -2.07. The van der Waals surface area contributed by atoms with Crippen LogP contribution in [0.1, 0.15) is 27.0 Å². The van der Waals surface area contributed by atoms with Gasteiger partial charge >= 0.3 is 0 Å². The summed E-state index contributed by atoms with van der Waals surface area (Å²) in [5.41, 5.74) is 1.03. The van der Waals surface area contributed by atoms with Crippen LogP contribution < -0.4 is 4.74 Å². The summed E-state index contributed by atoms with van der Waals surface area (Å²) in [6, 6.07) is 11.5. The maximum Gasteiger partial charge on any atom is 0.198 e. The average Bonchev–Trinajstić information content (AvgIpc) is 2.97. The third-order valence-corrected chi connectivity index (χ3v) is 4.22. The molecule has 4 heteroatoms. The molecule has 0 fully saturated rings. The fourth-order valence-corrected chi connectivity index (χ4v) is 2.64. The number of carbonyl (C=O) groups excluding carboxylic acids is 1. The van der Waals surface area contributed by atoms with Crippen molar-refractivity contribution < 1.29 is 14.3 Å². The highest BCUT2D eigenvalue weighted by Gasteiger charge is 2.09. The predicted molar refractivity (Wildman–Crippen MR) is 80.7 cm³/mol. The quantitative estimate of drug-likeness (QED) is 0.729. The van der Waals surface area contributed by atoms with Crippen molar-refractivity contribution in [3.63, 3.8) is 0 Å². The Morgan fingerprint density at radius 2 is 1.90 bits per heavy atom. The zero-order chi connectivity index (χ0) is 14.4. The van der Waals surface area contributed by atoms with E-state index < -0.39 is 0 Å². The number of Topliss-reactive ketones (excluding diaryl/α,β-unsaturated/α-hetero) is 1. The van der Waals surface area contributed by atoms with Crippen LogP contribution in [0.2, 0.25) is 0 Å². The molecule has 0 unspecified atom stereocenters. The van der Waals surface area contributed by atoms with E-state index in [9.17, 15) is 4.79 Å². The molecule has 20 heavy (non-hydrogen) atoms. The first-order valence-corrected chi connectivity index (χ1v) is 7.37. The van der Waals surface area contributed by atoms with Gasteiger partial charge in [0.25, 0.3) is 0 Å². The second-order valence-electron chi connectivity index (χ2n) is 4.38. The number of ketones is 1. The number of methoxy groups -OCH3 is 1. The van der Waals surface area contributed by atoms with Crippen LogP contribution in [-0.2, 0) is 17.8 Å². The molecule has 0 radical (unpaired) electrons. The van der Waals surface area contributed by atoms with Crippen molar-refractivity contribution >= 4 is 17.1 Å². The fourth-order valence-electron chi connectivity index (χ4n) is 1.77. The molecule has 0 aliphatic heterocycles. The summed E-state index contributed by atoms with van der Waals surface area (Å²) >= 11 is 1.55. The van der Waals surface area contributed by atoms with E-state index in [1.165, 1.54) is 4.88 Å². The average molecular weight is 290 g/mol. The van der Waals surface area contributed by atoms with E-state index in [0.29, 0.717) is 6.61 Å². The van der Waals surface area contributed by atoms with Crippen molar-refractivity contribution in [2.45, 2.75) is 20.0 Å².